The minimum Gasteiger partial charge on any atom is -0.497 e. The van der Waals surface area contributed by atoms with Crippen molar-refractivity contribution in [3.63, 3.8) is 0 Å². The molecule has 8 rings (SSSR count). The molecule has 0 amide bonds. The van der Waals surface area contributed by atoms with Gasteiger partial charge in [-0.3, -0.25) is 0 Å². The largest absolute Gasteiger partial charge is 0.497 e. The number of benzene rings is 5. The molecule has 1 fully saturated rings. The van der Waals surface area contributed by atoms with Crippen LogP contribution in [0.5, 0.6) is 11.5 Å². The molecule has 2 aliphatic carbocycles. The second kappa shape index (κ2) is 11.8. The minimum absolute atomic E-state index is 0.157. The number of ether oxygens (including phenoxy) is 2. The van der Waals surface area contributed by atoms with Crippen LogP contribution in [0, 0.1) is 10.8 Å². The summed E-state index contributed by atoms with van der Waals surface area (Å²) in [5.41, 5.74) is 9.68. The lowest BCUT2D eigenvalue weighted by Crippen LogP contribution is -2.38. The Kier molecular flexibility index (Phi) is 7.71. The van der Waals surface area contributed by atoms with Crippen LogP contribution in [0.1, 0.15) is 94.0 Å². The molecule has 1 saturated carbocycles. The summed E-state index contributed by atoms with van der Waals surface area (Å²) in [5.74, 6) is 1.78. The zero-order chi connectivity index (χ0) is 34.9. The lowest BCUT2D eigenvalue weighted by Gasteiger charge is -2.45. The first-order chi connectivity index (χ1) is 24.0. The molecular weight excluding hydrogens is 611 g/mol. The SMILES string of the molecule is COc1ccc2c3c(c4c(c2c1)OC(c1ccccc1)(c1ccc(N(C)C)cc1)C=C4)C1(CC(C)(C)CCCCC(C)(C)C1)c1ccccc1-3. The molecule has 50 heavy (non-hydrogen) atoms. The Hall–Kier alpha value is -4.50. The normalized spacial score (nSPS) is 21.3. The maximum atomic E-state index is 7.69. The number of methoxy groups -OCH3 is 1. The fraction of sp³-hybridized carbons (Fsp3) is 0.362. The monoisotopic (exact) mass is 661 g/mol. The summed E-state index contributed by atoms with van der Waals surface area (Å²) in [5, 5.41) is 2.33. The quantitative estimate of drug-likeness (QED) is 0.191. The van der Waals surface area contributed by atoms with Gasteiger partial charge in [-0.2, -0.15) is 0 Å². The van der Waals surface area contributed by atoms with Gasteiger partial charge in [-0.05, 0) is 101 Å². The van der Waals surface area contributed by atoms with Crippen LogP contribution < -0.4 is 14.4 Å². The minimum atomic E-state index is -0.807. The van der Waals surface area contributed by atoms with Crippen molar-refractivity contribution in [2.75, 3.05) is 26.1 Å². The highest BCUT2D eigenvalue weighted by Crippen LogP contribution is 2.64. The van der Waals surface area contributed by atoms with Gasteiger partial charge in [0.25, 0.3) is 0 Å². The molecule has 1 unspecified atom stereocenters. The molecule has 1 aliphatic heterocycles. The third-order valence-electron chi connectivity index (χ3n) is 12.0. The molecule has 3 heteroatoms. The molecule has 0 bridgehead atoms. The van der Waals surface area contributed by atoms with E-state index in [1.54, 1.807) is 7.11 Å². The van der Waals surface area contributed by atoms with E-state index in [2.05, 4.69) is 156 Å². The van der Waals surface area contributed by atoms with Crippen LogP contribution in [0.4, 0.5) is 5.69 Å². The van der Waals surface area contributed by atoms with Gasteiger partial charge in [0, 0.05) is 47.3 Å². The summed E-state index contributed by atoms with van der Waals surface area (Å²) in [4.78, 5) is 2.15. The van der Waals surface area contributed by atoms with Gasteiger partial charge in [0.15, 0.2) is 5.60 Å². The predicted octanol–water partition coefficient (Wildman–Crippen LogP) is 11.9. The molecule has 0 N–H and O–H groups in total. The molecule has 3 aliphatic rings. The summed E-state index contributed by atoms with van der Waals surface area (Å²) in [7, 11) is 5.93. The topological polar surface area (TPSA) is 21.7 Å². The van der Waals surface area contributed by atoms with E-state index < -0.39 is 5.60 Å². The van der Waals surface area contributed by atoms with Crippen LogP contribution in [-0.4, -0.2) is 21.2 Å². The van der Waals surface area contributed by atoms with Crippen molar-refractivity contribution in [1.82, 2.24) is 0 Å². The summed E-state index contributed by atoms with van der Waals surface area (Å²) >= 11 is 0. The number of anilines is 1. The number of nitrogens with zero attached hydrogens (tertiary/aromatic N) is 1. The summed E-state index contributed by atoms with van der Waals surface area (Å²) in [6, 6.07) is 35.5. The number of rotatable bonds is 4. The molecule has 0 radical (unpaired) electrons. The molecular formula is C47H51NO2. The maximum absolute atomic E-state index is 7.69. The fourth-order valence-corrected chi connectivity index (χ4v) is 9.90. The Labute approximate surface area is 298 Å². The highest BCUT2D eigenvalue weighted by molar-refractivity contribution is 6.09. The van der Waals surface area contributed by atoms with Crippen LogP contribution >= 0.6 is 0 Å². The van der Waals surface area contributed by atoms with Crippen molar-refractivity contribution >= 4 is 22.5 Å². The first kappa shape index (κ1) is 32.7. The van der Waals surface area contributed by atoms with Gasteiger partial charge in [-0.25, -0.2) is 0 Å². The third kappa shape index (κ3) is 5.15. The van der Waals surface area contributed by atoms with Crippen molar-refractivity contribution in [3.8, 4) is 22.6 Å². The van der Waals surface area contributed by atoms with Crippen molar-refractivity contribution in [2.24, 2.45) is 10.8 Å². The average molecular weight is 662 g/mol. The third-order valence-corrected chi connectivity index (χ3v) is 12.0. The Morgan fingerprint density at radius 1 is 0.700 bits per heavy atom. The zero-order valence-electron chi connectivity index (χ0n) is 30.9. The van der Waals surface area contributed by atoms with Gasteiger partial charge in [0.1, 0.15) is 11.5 Å². The molecule has 0 aromatic heterocycles. The average Bonchev–Trinajstić information content (AvgIpc) is 3.40. The standard InChI is InChI=1S/C47H51NO2/c1-44(2)26-13-14-27-45(3,4)31-46(30-44)40-18-12-11-17-37(40)41-36-24-23-35(49-7)29-39(36)43-38(42(41)46)25-28-47(50-43,32-15-9-8-10-16-32)33-19-21-34(22-20-33)48(5)6/h8-12,15-25,28-29H,13-14,26-27,30-31H2,1-7H3. The van der Waals surface area contributed by atoms with Crippen molar-refractivity contribution in [1.29, 1.82) is 0 Å². The van der Waals surface area contributed by atoms with Crippen LogP contribution in [0.25, 0.3) is 28.0 Å². The first-order valence-electron chi connectivity index (χ1n) is 18.5. The van der Waals surface area contributed by atoms with E-state index >= 15 is 0 Å². The van der Waals surface area contributed by atoms with Gasteiger partial charge < -0.3 is 14.4 Å². The molecule has 3 nitrogen and oxygen atoms in total. The highest BCUT2D eigenvalue weighted by Gasteiger charge is 2.52. The Morgan fingerprint density at radius 3 is 2.00 bits per heavy atom. The second-order valence-corrected chi connectivity index (χ2v) is 16.9. The fourth-order valence-electron chi connectivity index (χ4n) is 9.90. The predicted molar refractivity (Wildman–Crippen MR) is 210 cm³/mol. The summed E-state index contributed by atoms with van der Waals surface area (Å²) in [6.07, 6.45) is 12.0. The van der Waals surface area contributed by atoms with E-state index in [4.69, 9.17) is 9.47 Å². The van der Waals surface area contributed by atoms with Crippen molar-refractivity contribution in [2.45, 2.75) is 77.2 Å². The van der Waals surface area contributed by atoms with Crippen LogP contribution in [0.2, 0.25) is 0 Å². The molecule has 1 heterocycles. The van der Waals surface area contributed by atoms with Crippen LogP contribution in [-0.2, 0) is 11.0 Å². The lowest BCUT2D eigenvalue weighted by atomic mass is 9.60. The van der Waals surface area contributed by atoms with Gasteiger partial charge in [0.05, 0.1) is 7.11 Å². The van der Waals surface area contributed by atoms with Crippen molar-refractivity contribution in [3.05, 3.63) is 131 Å². The maximum Gasteiger partial charge on any atom is 0.178 e. The van der Waals surface area contributed by atoms with E-state index in [9.17, 15) is 0 Å². The zero-order valence-corrected chi connectivity index (χ0v) is 30.9. The Bertz CT molecular complexity index is 2080. The number of hydrogen-bond acceptors (Lipinski definition) is 3. The van der Waals surface area contributed by atoms with Gasteiger partial charge >= 0.3 is 0 Å². The van der Waals surface area contributed by atoms with Gasteiger partial charge in [-0.15, -0.1) is 0 Å². The van der Waals surface area contributed by atoms with Crippen molar-refractivity contribution < 1.29 is 9.47 Å². The van der Waals surface area contributed by atoms with Gasteiger partial charge in [0.2, 0.25) is 0 Å². The van der Waals surface area contributed by atoms with E-state index in [1.807, 2.05) is 0 Å². The van der Waals surface area contributed by atoms with E-state index in [-0.39, 0.29) is 16.2 Å². The first-order valence-corrected chi connectivity index (χ1v) is 18.5. The van der Waals surface area contributed by atoms with Crippen LogP contribution in [0.15, 0.2) is 103 Å². The van der Waals surface area contributed by atoms with E-state index in [1.165, 1.54) is 58.9 Å². The summed E-state index contributed by atoms with van der Waals surface area (Å²) in [6.45, 7) is 10.0. The molecule has 0 saturated heterocycles. The number of hydrogen-bond donors (Lipinski definition) is 0. The lowest BCUT2D eigenvalue weighted by molar-refractivity contribution is 0.161. The number of fused-ring (bicyclic) bond motifs is 10. The molecule has 1 atom stereocenters. The molecule has 1 spiro atoms. The van der Waals surface area contributed by atoms with Crippen LogP contribution in [0.3, 0.4) is 0 Å². The smallest absolute Gasteiger partial charge is 0.178 e. The molecule has 5 aromatic rings. The van der Waals surface area contributed by atoms with E-state index in [0.717, 1.165) is 46.5 Å². The highest BCUT2D eigenvalue weighted by atomic mass is 16.5. The van der Waals surface area contributed by atoms with E-state index in [0.29, 0.717) is 0 Å². The Balaban J connectivity index is 1.47. The second-order valence-electron chi connectivity index (χ2n) is 16.9. The molecule has 5 aromatic carbocycles. The van der Waals surface area contributed by atoms with Gasteiger partial charge in [-0.1, -0.05) is 113 Å². The Morgan fingerprint density at radius 2 is 1.34 bits per heavy atom. The molecule has 256 valence electrons. The summed E-state index contributed by atoms with van der Waals surface area (Å²) < 4.78 is 13.6.